The highest BCUT2D eigenvalue weighted by molar-refractivity contribution is 7.09. The van der Waals surface area contributed by atoms with Crippen LogP contribution in [-0.2, 0) is 22.3 Å². The molecule has 0 unspecified atom stereocenters. The maximum atomic E-state index is 13.1. The van der Waals surface area contributed by atoms with Crippen LogP contribution in [-0.4, -0.2) is 68.2 Å². The number of esters is 1. The number of nitrogens with zero attached hydrogens (tertiary/aromatic N) is 3. The first kappa shape index (κ1) is 25.0. The molecule has 0 bridgehead atoms. The molecule has 0 saturated carbocycles. The normalized spacial score (nSPS) is 22.6. The third-order valence-corrected chi connectivity index (χ3v) is 7.87. The number of hydrogen-bond donors (Lipinski definition) is 0. The molecule has 0 amide bonds. The Labute approximate surface area is 203 Å². The van der Waals surface area contributed by atoms with Crippen molar-refractivity contribution in [2.75, 3.05) is 51.3 Å². The Morgan fingerprint density at radius 1 is 1.12 bits per heavy atom. The van der Waals surface area contributed by atoms with Crippen LogP contribution in [0.5, 0.6) is 0 Å². The molecule has 2 atom stereocenters. The van der Waals surface area contributed by atoms with Gasteiger partial charge in [-0.05, 0) is 48.4 Å². The Bertz CT molecular complexity index is 930. The van der Waals surface area contributed by atoms with Gasteiger partial charge in [0, 0.05) is 68.8 Å². The van der Waals surface area contributed by atoms with Crippen LogP contribution in [0.4, 0.5) is 18.9 Å². The molecule has 186 valence electrons. The van der Waals surface area contributed by atoms with Crippen molar-refractivity contribution in [1.82, 2.24) is 9.80 Å². The van der Waals surface area contributed by atoms with Crippen molar-refractivity contribution in [2.45, 2.75) is 38.0 Å². The summed E-state index contributed by atoms with van der Waals surface area (Å²) in [5, 5.41) is 2.10. The molecule has 2 aliphatic rings. The van der Waals surface area contributed by atoms with Crippen molar-refractivity contribution in [3.63, 3.8) is 0 Å². The lowest BCUT2D eigenvalue weighted by Crippen LogP contribution is -2.56. The lowest BCUT2D eigenvalue weighted by molar-refractivity contribution is -0.141. The van der Waals surface area contributed by atoms with E-state index in [0.29, 0.717) is 37.2 Å². The van der Waals surface area contributed by atoms with Crippen LogP contribution in [0.2, 0.25) is 0 Å². The van der Waals surface area contributed by atoms with Gasteiger partial charge in [-0.3, -0.25) is 14.6 Å². The number of ether oxygens (including phenoxy) is 1. The first-order chi connectivity index (χ1) is 16.3. The molecule has 0 aliphatic carbocycles. The standard InChI is InChI=1S/C25H32F3N3O2S/c1-33-24(32)8-7-19-17-29(18-22-6-3-15-34-22)10-9-23(19)31-13-11-30(12-14-31)21-5-2-4-20(16-21)25(26,27)28/h2-6,15-16,19,23H,7-14,17-18H2,1H3/t19-,23+/m0/s1. The lowest BCUT2D eigenvalue weighted by Gasteiger charge is -2.47. The minimum absolute atomic E-state index is 0.177. The SMILES string of the molecule is COC(=O)CC[C@H]1CN(Cc2cccs2)CC[C@H]1N1CCN(c2cccc(C(F)(F)F)c2)CC1. The van der Waals surface area contributed by atoms with Gasteiger partial charge in [-0.15, -0.1) is 11.3 Å². The van der Waals surface area contributed by atoms with Gasteiger partial charge in [0.25, 0.3) is 0 Å². The highest BCUT2D eigenvalue weighted by Crippen LogP contribution is 2.33. The zero-order valence-electron chi connectivity index (χ0n) is 19.5. The molecule has 5 nitrogen and oxygen atoms in total. The second-order valence-corrected chi connectivity index (χ2v) is 10.1. The molecule has 3 heterocycles. The summed E-state index contributed by atoms with van der Waals surface area (Å²) in [4.78, 5) is 20.2. The quantitative estimate of drug-likeness (QED) is 0.519. The number of alkyl halides is 3. The van der Waals surface area contributed by atoms with Gasteiger partial charge in [0.1, 0.15) is 0 Å². The lowest BCUT2D eigenvalue weighted by atomic mass is 9.86. The number of methoxy groups -OCH3 is 1. The average Bonchev–Trinajstić information content (AvgIpc) is 3.35. The largest absolute Gasteiger partial charge is 0.469 e. The first-order valence-corrected chi connectivity index (χ1v) is 12.7. The first-order valence-electron chi connectivity index (χ1n) is 11.8. The average molecular weight is 496 g/mol. The summed E-state index contributed by atoms with van der Waals surface area (Å²) in [6.07, 6.45) is -2.11. The number of benzene rings is 1. The molecule has 2 saturated heterocycles. The van der Waals surface area contributed by atoms with Crippen molar-refractivity contribution in [3.8, 4) is 0 Å². The smallest absolute Gasteiger partial charge is 0.416 e. The van der Waals surface area contributed by atoms with E-state index in [-0.39, 0.29) is 5.97 Å². The third kappa shape index (κ3) is 6.31. The number of likely N-dealkylation sites (tertiary alicyclic amines) is 1. The summed E-state index contributed by atoms with van der Waals surface area (Å²) in [7, 11) is 1.43. The summed E-state index contributed by atoms with van der Waals surface area (Å²) < 4.78 is 44.3. The van der Waals surface area contributed by atoms with Crippen LogP contribution in [0.15, 0.2) is 41.8 Å². The van der Waals surface area contributed by atoms with Crippen LogP contribution in [0.3, 0.4) is 0 Å². The van der Waals surface area contributed by atoms with E-state index in [4.69, 9.17) is 4.74 Å². The second-order valence-electron chi connectivity index (χ2n) is 9.12. The Morgan fingerprint density at radius 3 is 2.59 bits per heavy atom. The van der Waals surface area contributed by atoms with E-state index >= 15 is 0 Å². The molecule has 0 N–H and O–H groups in total. The van der Waals surface area contributed by atoms with Crippen LogP contribution in [0, 0.1) is 5.92 Å². The highest BCUT2D eigenvalue weighted by Gasteiger charge is 2.35. The fraction of sp³-hybridized carbons (Fsp3) is 0.560. The summed E-state index contributed by atoms with van der Waals surface area (Å²) in [5.74, 6) is 0.177. The molecule has 2 aliphatic heterocycles. The third-order valence-electron chi connectivity index (χ3n) is 7.01. The number of halogens is 3. The van der Waals surface area contributed by atoms with Crippen molar-refractivity contribution in [1.29, 1.82) is 0 Å². The minimum Gasteiger partial charge on any atom is -0.469 e. The minimum atomic E-state index is -4.33. The van der Waals surface area contributed by atoms with Crippen LogP contribution in [0.25, 0.3) is 0 Å². The molecule has 1 aromatic carbocycles. The molecule has 1 aromatic heterocycles. The van der Waals surface area contributed by atoms with Gasteiger partial charge in [0.05, 0.1) is 12.7 Å². The Kier molecular flexibility index (Phi) is 8.16. The number of rotatable bonds is 7. The second kappa shape index (κ2) is 11.1. The maximum absolute atomic E-state index is 13.1. The molecular formula is C25H32F3N3O2S. The van der Waals surface area contributed by atoms with Crippen molar-refractivity contribution >= 4 is 23.0 Å². The van der Waals surface area contributed by atoms with Gasteiger partial charge < -0.3 is 9.64 Å². The topological polar surface area (TPSA) is 36.0 Å². The van der Waals surface area contributed by atoms with Crippen molar-refractivity contribution < 1.29 is 22.7 Å². The van der Waals surface area contributed by atoms with E-state index in [1.807, 2.05) is 4.90 Å². The van der Waals surface area contributed by atoms with Gasteiger partial charge in [0.15, 0.2) is 0 Å². The zero-order valence-corrected chi connectivity index (χ0v) is 20.3. The Morgan fingerprint density at radius 2 is 1.91 bits per heavy atom. The molecule has 0 spiro atoms. The van der Waals surface area contributed by atoms with Gasteiger partial charge in [-0.25, -0.2) is 0 Å². The molecule has 9 heteroatoms. The molecule has 34 heavy (non-hydrogen) atoms. The summed E-state index contributed by atoms with van der Waals surface area (Å²) in [5.41, 5.74) is 0.0240. The number of carbonyl (C=O) groups excluding carboxylic acids is 1. The number of carbonyl (C=O) groups is 1. The van der Waals surface area contributed by atoms with Crippen molar-refractivity contribution in [2.24, 2.45) is 5.92 Å². The zero-order chi connectivity index (χ0) is 24.1. The van der Waals surface area contributed by atoms with Crippen molar-refractivity contribution in [3.05, 3.63) is 52.2 Å². The molecule has 4 rings (SSSR count). The number of thiophene rings is 1. The maximum Gasteiger partial charge on any atom is 0.416 e. The fourth-order valence-corrected chi connectivity index (χ4v) is 5.97. The summed E-state index contributed by atoms with van der Waals surface area (Å²) >= 11 is 1.77. The van der Waals surface area contributed by atoms with Gasteiger partial charge in [-0.2, -0.15) is 13.2 Å². The van der Waals surface area contributed by atoms with E-state index in [1.165, 1.54) is 24.1 Å². The number of hydrogen-bond acceptors (Lipinski definition) is 6. The van der Waals surface area contributed by atoms with E-state index in [2.05, 4.69) is 27.3 Å². The molecule has 2 aromatic rings. The van der Waals surface area contributed by atoms with Gasteiger partial charge in [-0.1, -0.05) is 12.1 Å². The molecule has 0 radical (unpaired) electrons. The fourth-order valence-electron chi connectivity index (χ4n) is 5.22. The number of piperazine rings is 1. The molecular weight excluding hydrogens is 463 g/mol. The van der Waals surface area contributed by atoms with Crippen LogP contribution >= 0.6 is 11.3 Å². The summed E-state index contributed by atoms with van der Waals surface area (Å²) in [6, 6.07) is 10.2. The van der Waals surface area contributed by atoms with E-state index in [9.17, 15) is 18.0 Å². The Balaban J connectivity index is 1.38. The Hall–Kier alpha value is -2.10. The van der Waals surface area contributed by atoms with E-state index in [1.54, 1.807) is 17.4 Å². The molecule has 2 fully saturated rings. The summed E-state index contributed by atoms with van der Waals surface area (Å²) in [6.45, 7) is 5.88. The predicted molar refractivity (Wildman–Crippen MR) is 128 cm³/mol. The number of anilines is 1. The number of piperidine rings is 1. The van der Waals surface area contributed by atoms with E-state index in [0.717, 1.165) is 51.6 Å². The van der Waals surface area contributed by atoms with Gasteiger partial charge >= 0.3 is 12.1 Å². The van der Waals surface area contributed by atoms with Crippen LogP contribution in [0.1, 0.15) is 29.7 Å². The van der Waals surface area contributed by atoms with Crippen LogP contribution < -0.4 is 4.90 Å². The monoisotopic (exact) mass is 495 g/mol. The highest BCUT2D eigenvalue weighted by atomic mass is 32.1. The van der Waals surface area contributed by atoms with E-state index < -0.39 is 11.7 Å². The predicted octanol–water partition coefficient (Wildman–Crippen LogP) is 4.73. The van der Waals surface area contributed by atoms with Gasteiger partial charge in [0.2, 0.25) is 0 Å².